The summed E-state index contributed by atoms with van der Waals surface area (Å²) in [5.41, 5.74) is 8.23. The molecule has 0 bridgehead atoms. The zero-order valence-corrected chi connectivity index (χ0v) is 31.9. The highest BCUT2D eigenvalue weighted by molar-refractivity contribution is 7.18. The van der Waals surface area contributed by atoms with Crippen molar-refractivity contribution in [3.63, 3.8) is 0 Å². The molecule has 58 heavy (non-hydrogen) atoms. The van der Waals surface area contributed by atoms with Crippen LogP contribution in [0.25, 0.3) is 121 Å². The van der Waals surface area contributed by atoms with Gasteiger partial charge in [-0.3, -0.25) is 0 Å². The number of nitrogens with zero attached hydrogens (tertiary/aromatic N) is 3. The summed E-state index contributed by atoms with van der Waals surface area (Å²) in [5.74, 6) is 1.91. The molecule has 5 heteroatoms. The zero-order valence-electron chi connectivity index (χ0n) is 31.1. The topological polar surface area (TPSA) is 51.8 Å². The predicted molar refractivity (Wildman–Crippen MR) is 242 cm³/mol. The molecule has 0 radical (unpaired) electrons. The summed E-state index contributed by atoms with van der Waals surface area (Å²) in [6.45, 7) is 0. The smallest absolute Gasteiger partial charge is 0.164 e. The standard InChI is InChI=1S/C53H31N3OS/c1-3-11-33(12-4-1)51-54-52(34-13-5-2-6-14-34)56-53(55-51)35-21-19-32(20-22-35)45-30-37(31-47-48(45)41-17-9-7-16-39(41)42-25-27-57-49(42)47)36-23-24-40-38-15-8-10-18-43(38)50-44(26-28-58-50)46(40)29-36/h1-31H. The zero-order chi connectivity index (χ0) is 38.2. The van der Waals surface area contributed by atoms with Crippen molar-refractivity contribution in [1.29, 1.82) is 0 Å². The Hall–Kier alpha value is -7.47. The number of hydrogen-bond donors (Lipinski definition) is 0. The van der Waals surface area contributed by atoms with E-state index in [0.29, 0.717) is 17.5 Å². The van der Waals surface area contributed by atoms with E-state index >= 15 is 0 Å². The van der Waals surface area contributed by atoms with Gasteiger partial charge in [0.2, 0.25) is 0 Å². The third-order valence-corrected chi connectivity index (χ3v) is 12.4. The van der Waals surface area contributed by atoms with Gasteiger partial charge in [0.15, 0.2) is 17.5 Å². The fourth-order valence-corrected chi connectivity index (χ4v) is 9.69. The van der Waals surface area contributed by atoms with Gasteiger partial charge in [-0.15, -0.1) is 11.3 Å². The van der Waals surface area contributed by atoms with E-state index < -0.39 is 0 Å². The maximum absolute atomic E-state index is 6.34. The maximum atomic E-state index is 6.34. The molecule has 0 aliphatic carbocycles. The van der Waals surface area contributed by atoms with Crippen LogP contribution in [0.5, 0.6) is 0 Å². The van der Waals surface area contributed by atoms with E-state index in [0.717, 1.165) is 55.3 Å². The summed E-state index contributed by atoms with van der Waals surface area (Å²) in [6.07, 6.45) is 1.81. The van der Waals surface area contributed by atoms with Crippen LogP contribution < -0.4 is 0 Å². The number of furan rings is 1. The quantitative estimate of drug-likeness (QED) is 0.164. The number of aromatic nitrogens is 3. The van der Waals surface area contributed by atoms with Crippen LogP contribution in [0, 0.1) is 0 Å². The number of rotatable bonds is 5. The molecular formula is C53H31N3OS. The second-order valence-electron chi connectivity index (χ2n) is 14.7. The van der Waals surface area contributed by atoms with Crippen molar-refractivity contribution in [1.82, 2.24) is 15.0 Å². The van der Waals surface area contributed by atoms with Crippen LogP contribution in [0.3, 0.4) is 0 Å². The Morgan fingerprint density at radius 1 is 0.345 bits per heavy atom. The molecule has 3 heterocycles. The summed E-state index contributed by atoms with van der Waals surface area (Å²) in [4.78, 5) is 14.9. The van der Waals surface area contributed by atoms with Gasteiger partial charge in [0, 0.05) is 48.3 Å². The van der Waals surface area contributed by atoms with Crippen molar-refractivity contribution >= 4 is 75.5 Å². The van der Waals surface area contributed by atoms with Crippen molar-refractivity contribution in [2.75, 3.05) is 0 Å². The van der Waals surface area contributed by atoms with Gasteiger partial charge in [-0.05, 0) is 84.9 Å². The number of fused-ring (bicyclic) bond motifs is 12. The SMILES string of the molecule is c1ccc(-c2nc(-c3ccccc3)nc(-c3ccc(-c4cc(-c5ccc6c7ccccc7c7sccc7c6c5)cc5c6occc6c6ccccc6c45)cc3)n2)cc1. The van der Waals surface area contributed by atoms with Crippen LogP contribution >= 0.6 is 11.3 Å². The van der Waals surface area contributed by atoms with Crippen molar-refractivity contribution in [3.8, 4) is 56.4 Å². The summed E-state index contributed by atoms with van der Waals surface area (Å²) >= 11 is 1.81. The average Bonchev–Trinajstić information content (AvgIpc) is 4.01. The van der Waals surface area contributed by atoms with Crippen LogP contribution in [-0.2, 0) is 0 Å². The van der Waals surface area contributed by atoms with Gasteiger partial charge < -0.3 is 4.42 Å². The molecule has 0 aliphatic heterocycles. The highest BCUT2D eigenvalue weighted by Crippen LogP contribution is 2.45. The Morgan fingerprint density at radius 2 is 0.862 bits per heavy atom. The van der Waals surface area contributed by atoms with E-state index in [1.165, 1.54) is 47.8 Å². The lowest BCUT2D eigenvalue weighted by atomic mass is 9.88. The van der Waals surface area contributed by atoms with Crippen LogP contribution in [0.2, 0.25) is 0 Å². The molecule has 0 aliphatic rings. The number of hydrogen-bond acceptors (Lipinski definition) is 5. The summed E-state index contributed by atoms with van der Waals surface area (Å²) in [7, 11) is 0. The Kier molecular flexibility index (Phi) is 7.37. The lowest BCUT2D eigenvalue weighted by Crippen LogP contribution is -2.00. The molecule has 0 saturated carbocycles. The second kappa shape index (κ2) is 13.1. The first-order chi connectivity index (χ1) is 28.7. The van der Waals surface area contributed by atoms with E-state index in [1.54, 1.807) is 0 Å². The first kappa shape index (κ1) is 32.7. The van der Waals surface area contributed by atoms with Crippen molar-refractivity contribution in [2.45, 2.75) is 0 Å². The van der Waals surface area contributed by atoms with Crippen LogP contribution in [0.1, 0.15) is 0 Å². The molecule has 3 aromatic heterocycles. The molecule has 12 rings (SSSR count). The number of benzene rings is 9. The molecule has 0 unspecified atom stereocenters. The highest BCUT2D eigenvalue weighted by atomic mass is 32.1. The van der Waals surface area contributed by atoms with E-state index in [-0.39, 0.29) is 0 Å². The Bertz CT molecular complexity index is 3500. The van der Waals surface area contributed by atoms with Crippen LogP contribution in [-0.4, -0.2) is 15.0 Å². The Morgan fingerprint density at radius 3 is 1.55 bits per heavy atom. The molecule has 0 N–H and O–H groups in total. The normalized spacial score (nSPS) is 11.8. The minimum atomic E-state index is 0.629. The lowest BCUT2D eigenvalue weighted by Gasteiger charge is -2.16. The van der Waals surface area contributed by atoms with Crippen molar-refractivity contribution in [3.05, 3.63) is 188 Å². The molecule has 4 nitrogen and oxygen atoms in total. The van der Waals surface area contributed by atoms with Gasteiger partial charge in [0.1, 0.15) is 5.58 Å². The summed E-state index contributed by atoms with van der Waals surface area (Å²) < 4.78 is 7.66. The second-order valence-corrected chi connectivity index (χ2v) is 15.7. The number of thiophene rings is 1. The van der Waals surface area contributed by atoms with Gasteiger partial charge in [-0.1, -0.05) is 146 Å². The third kappa shape index (κ3) is 5.18. The van der Waals surface area contributed by atoms with Crippen molar-refractivity contribution in [2.24, 2.45) is 0 Å². The van der Waals surface area contributed by atoms with E-state index in [4.69, 9.17) is 19.4 Å². The first-order valence-corrected chi connectivity index (χ1v) is 20.3. The largest absolute Gasteiger partial charge is 0.464 e. The minimum Gasteiger partial charge on any atom is -0.464 e. The Labute approximate surface area is 337 Å². The molecule has 0 fully saturated rings. The fourth-order valence-electron chi connectivity index (χ4n) is 8.74. The van der Waals surface area contributed by atoms with Crippen LogP contribution in [0.4, 0.5) is 0 Å². The Balaban J connectivity index is 1.07. The van der Waals surface area contributed by atoms with Crippen LogP contribution in [0.15, 0.2) is 192 Å². The first-order valence-electron chi connectivity index (χ1n) is 19.4. The van der Waals surface area contributed by atoms with Crippen molar-refractivity contribution < 1.29 is 4.42 Å². The molecule has 0 amide bonds. The third-order valence-electron chi connectivity index (χ3n) is 11.5. The molecule has 0 atom stereocenters. The van der Waals surface area contributed by atoms with Gasteiger partial charge in [-0.25, -0.2) is 15.0 Å². The monoisotopic (exact) mass is 757 g/mol. The lowest BCUT2D eigenvalue weighted by molar-refractivity contribution is 0.619. The fraction of sp³-hybridized carbons (Fsp3) is 0. The predicted octanol–water partition coefficient (Wildman–Crippen LogP) is 14.8. The van der Waals surface area contributed by atoms with Gasteiger partial charge >= 0.3 is 0 Å². The molecular weight excluding hydrogens is 727 g/mol. The molecule has 9 aromatic carbocycles. The summed E-state index contributed by atoms with van der Waals surface area (Å²) in [6, 6.07) is 62.3. The minimum absolute atomic E-state index is 0.629. The summed E-state index contributed by atoms with van der Waals surface area (Å²) in [5, 5.41) is 14.4. The molecule has 270 valence electrons. The molecule has 0 saturated heterocycles. The van der Waals surface area contributed by atoms with Gasteiger partial charge in [-0.2, -0.15) is 0 Å². The highest BCUT2D eigenvalue weighted by Gasteiger charge is 2.19. The van der Waals surface area contributed by atoms with E-state index in [2.05, 4.69) is 121 Å². The van der Waals surface area contributed by atoms with E-state index in [9.17, 15) is 0 Å². The van der Waals surface area contributed by atoms with E-state index in [1.807, 2.05) is 78.3 Å². The average molecular weight is 758 g/mol. The van der Waals surface area contributed by atoms with Gasteiger partial charge in [0.05, 0.1) is 6.26 Å². The molecule has 0 spiro atoms. The van der Waals surface area contributed by atoms with Gasteiger partial charge in [0.25, 0.3) is 0 Å². The molecule has 12 aromatic rings. The maximum Gasteiger partial charge on any atom is 0.164 e.